The third kappa shape index (κ3) is 3.20. The summed E-state index contributed by atoms with van der Waals surface area (Å²) in [5.41, 5.74) is 0. The van der Waals surface area contributed by atoms with Crippen molar-refractivity contribution in [3.63, 3.8) is 0 Å². The zero-order valence-electron chi connectivity index (χ0n) is 11.1. The maximum atomic E-state index is 12.4. The number of rotatable bonds is 5. The summed E-state index contributed by atoms with van der Waals surface area (Å²) >= 11 is 0.792. The van der Waals surface area contributed by atoms with Crippen molar-refractivity contribution in [2.75, 3.05) is 19.7 Å². The molecule has 2 rings (SSSR count). The second-order valence-corrected chi connectivity index (χ2v) is 7.73. The van der Waals surface area contributed by atoms with Gasteiger partial charge in [0.2, 0.25) is 0 Å². The first-order chi connectivity index (χ1) is 9.45. The Kier molecular flexibility index (Phi) is 4.79. The number of carbonyl (C=O) groups is 1. The van der Waals surface area contributed by atoms with Crippen LogP contribution in [0.15, 0.2) is 16.3 Å². The second-order valence-electron chi connectivity index (χ2n) is 4.48. The summed E-state index contributed by atoms with van der Waals surface area (Å²) in [7, 11) is -3.58. The third-order valence-corrected chi connectivity index (χ3v) is 6.63. The lowest BCUT2D eigenvalue weighted by atomic mass is 10.1. The van der Waals surface area contributed by atoms with Gasteiger partial charge in [-0.1, -0.05) is 0 Å². The van der Waals surface area contributed by atoms with Crippen LogP contribution >= 0.6 is 11.3 Å². The number of hydrogen-bond donors (Lipinski definition) is 1. The van der Waals surface area contributed by atoms with E-state index in [-0.39, 0.29) is 15.2 Å². The van der Waals surface area contributed by atoms with Crippen molar-refractivity contribution in [2.24, 2.45) is 0 Å². The van der Waals surface area contributed by atoms with Crippen LogP contribution in [0.4, 0.5) is 0 Å². The SMILES string of the molecule is CCOC1CCN(S(=O)(=O)c2ccc(C(=O)O)s2)CC1. The Morgan fingerprint density at radius 3 is 2.60 bits per heavy atom. The van der Waals surface area contributed by atoms with E-state index in [2.05, 4.69) is 0 Å². The monoisotopic (exact) mass is 319 g/mol. The fraction of sp³-hybridized carbons (Fsp3) is 0.583. The Morgan fingerprint density at radius 1 is 1.45 bits per heavy atom. The average Bonchev–Trinajstić information content (AvgIpc) is 2.90. The molecule has 0 spiro atoms. The number of ether oxygens (including phenoxy) is 1. The van der Waals surface area contributed by atoms with E-state index in [0.29, 0.717) is 32.5 Å². The topological polar surface area (TPSA) is 83.9 Å². The molecule has 0 saturated carbocycles. The Labute approximate surface area is 122 Å². The molecule has 0 amide bonds. The van der Waals surface area contributed by atoms with E-state index in [1.807, 2.05) is 6.92 Å². The predicted molar refractivity (Wildman–Crippen MR) is 74.7 cm³/mol. The van der Waals surface area contributed by atoms with Crippen LogP contribution in [-0.2, 0) is 14.8 Å². The van der Waals surface area contributed by atoms with Gasteiger partial charge in [0, 0.05) is 19.7 Å². The summed E-state index contributed by atoms with van der Waals surface area (Å²) in [6, 6.07) is 2.69. The largest absolute Gasteiger partial charge is 0.477 e. The van der Waals surface area contributed by atoms with E-state index in [1.165, 1.54) is 16.4 Å². The quantitative estimate of drug-likeness (QED) is 0.892. The van der Waals surface area contributed by atoms with Gasteiger partial charge in [-0.3, -0.25) is 0 Å². The molecule has 0 radical (unpaired) electrons. The molecule has 1 aromatic heterocycles. The van der Waals surface area contributed by atoms with Crippen molar-refractivity contribution >= 4 is 27.3 Å². The molecule has 20 heavy (non-hydrogen) atoms. The van der Waals surface area contributed by atoms with E-state index in [4.69, 9.17) is 9.84 Å². The molecule has 112 valence electrons. The number of nitrogens with zero attached hydrogens (tertiary/aromatic N) is 1. The van der Waals surface area contributed by atoms with Gasteiger partial charge in [0.15, 0.2) is 0 Å². The van der Waals surface area contributed by atoms with Crippen LogP contribution in [-0.4, -0.2) is 49.6 Å². The van der Waals surface area contributed by atoms with Gasteiger partial charge in [-0.25, -0.2) is 13.2 Å². The van der Waals surface area contributed by atoms with Crippen LogP contribution in [0.2, 0.25) is 0 Å². The standard InChI is InChI=1S/C12H17NO5S2/c1-2-18-9-5-7-13(8-6-9)20(16,17)11-4-3-10(19-11)12(14)15/h3-4,9H,2,5-8H2,1H3,(H,14,15). The smallest absolute Gasteiger partial charge is 0.345 e. The van der Waals surface area contributed by atoms with Gasteiger partial charge in [0.25, 0.3) is 10.0 Å². The highest BCUT2D eigenvalue weighted by atomic mass is 32.2. The first kappa shape index (κ1) is 15.4. The first-order valence-corrected chi connectivity index (χ1v) is 8.65. The van der Waals surface area contributed by atoms with Crippen molar-refractivity contribution in [1.82, 2.24) is 4.31 Å². The van der Waals surface area contributed by atoms with Crippen LogP contribution in [0.25, 0.3) is 0 Å². The zero-order chi connectivity index (χ0) is 14.8. The van der Waals surface area contributed by atoms with Gasteiger partial charge < -0.3 is 9.84 Å². The van der Waals surface area contributed by atoms with Gasteiger partial charge in [-0.05, 0) is 31.9 Å². The lowest BCUT2D eigenvalue weighted by molar-refractivity contribution is 0.0290. The van der Waals surface area contributed by atoms with Crippen LogP contribution in [0, 0.1) is 0 Å². The Balaban J connectivity index is 2.09. The second kappa shape index (κ2) is 6.21. The summed E-state index contributed by atoms with van der Waals surface area (Å²) in [6.07, 6.45) is 1.46. The van der Waals surface area contributed by atoms with Gasteiger partial charge >= 0.3 is 5.97 Å². The van der Waals surface area contributed by atoms with Crippen molar-refractivity contribution in [3.8, 4) is 0 Å². The molecule has 1 aromatic rings. The molecule has 0 unspecified atom stereocenters. The maximum absolute atomic E-state index is 12.4. The minimum absolute atomic E-state index is 0.0350. The first-order valence-electron chi connectivity index (χ1n) is 6.40. The maximum Gasteiger partial charge on any atom is 0.345 e. The molecule has 1 N–H and O–H groups in total. The molecule has 0 bridgehead atoms. The van der Waals surface area contributed by atoms with Crippen LogP contribution < -0.4 is 0 Å². The fourth-order valence-electron chi connectivity index (χ4n) is 2.18. The molecule has 1 saturated heterocycles. The molecule has 0 aliphatic carbocycles. The van der Waals surface area contributed by atoms with E-state index >= 15 is 0 Å². The summed E-state index contributed by atoms with van der Waals surface area (Å²) in [4.78, 5) is 10.9. The lowest BCUT2D eigenvalue weighted by Crippen LogP contribution is -2.40. The minimum atomic E-state index is -3.58. The van der Waals surface area contributed by atoms with Crippen molar-refractivity contribution in [1.29, 1.82) is 0 Å². The summed E-state index contributed by atoms with van der Waals surface area (Å²) < 4.78 is 31.8. The number of sulfonamides is 1. The minimum Gasteiger partial charge on any atom is -0.477 e. The fourth-order valence-corrected chi connectivity index (χ4v) is 4.94. The van der Waals surface area contributed by atoms with Crippen molar-refractivity contribution in [2.45, 2.75) is 30.1 Å². The number of thiophene rings is 1. The molecule has 6 nitrogen and oxygen atoms in total. The Morgan fingerprint density at radius 2 is 2.10 bits per heavy atom. The zero-order valence-corrected chi connectivity index (χ0v) is 12.7. The summed E-state index contributed by atoms with van der Waals surface area (Å²) in [6.45, 7) is 3.37. The molecule has 1 fully saturated rings. The Hall–Kier alpha value is -0.960. The van der Waals surface area contributed by atoms with E-state index in [1.54, 1.807) is 0 Å². The highest BCUT2D eigenvalue weighted by molar-refractivity contribution is 7.91. The van der Waals surface area contributed by atoms with Crippen LogP contribution in [0.5, 0.6) is 0 Å². The molecule has 0 atom stereocenters. The normalized spacial score (nSPS) is 18.2. The number of carboxylic acid groups (broad SMARTS) is 1. The highest BCUT2D eigenvalue weighted by Crippen LogP contribution is 2.27. The number of aromatic carboxylic acids is 1. The number of hydrogen-bond acceptors (Lipinski definition) is 5. The van der Waals surface area contributed by atoms with Crippen molar-refractivity contribution in [3.05, 3.63) is 17.0 Å². The highest BCUT2D eigenvalue weighted by Gasteiger charge is 2.31. The molecule has 1 aliphatic rings. The van der Waals surface area contributed by atoms with Gasteiger partial charge in [0.1, 0.15) is 9.09 Å². The average molecular weight is 319 g/mol. The summed E-state index contributed by atoms with van der Waals surface area (Å²) in [5.74, 6) is -1.11. The van der Waals surface area contributed by atoms with Gasteiger partial charge in [-0.2, -0.15) is 4.31 Å². The number of piperidine rings is 1. The molecular formula is C12H17NO5S2. The molecule has 2 heterocycles. The molecule has 1 aliphatic heterocycles. The van der Waals surface area contributed by atoms with E-state index in [0.717, 1.165) is 11.3 Å². The van der Waals surface area contributed by atoms with E-state index < -0.39 is 16.0 Å². The van der Waals surface area contributed by atoms with Crippen molar-refractivity contribution < 1.29 is 23.1 Å². The molecule has 0 aromatic carbocycles. The number of carboxylic acids is 1. The molecule has 8 heteroatoms. The summed E-state index contributed by atoms with van der Waals surface area (Å²) in [5, 5.41) is 8.85. The third-order valence-electron chi connectivity index (χ3n) is 3.19. The predicted octanol–water partition coefficient (Wildman–Crippen LogP) is 1.64. The van der Waals surface area contributed by atoms with Gasteiger partial charge in [-0.15, -0.1) is 11.3 Å². The van der Waals surface area contributed by atoms with E-state index in [9.17, 15) is 13.2 Å². The van der Waals surface area contributed by atoms with Crippen LogP contribution in [0.1, 0.15) is 29.4 Å². The van der Waals surface area contributed by atoms with Gasteiger partial charge in [0.05, 0.1) is 6.10 Å². The Bertz CT molecular complexity index is 572. The van der Waals surface area contributed by atoms with Crippen LogP contribution in [0.3, 0.4) is 0 Å². The lowest BCUT2D eigenvalue weighted by Gasteiger charge is -2.30. The molecular weight excluding hydrogens is 302 g/mol.